The Balaban J connectivity index is 0.766. The Kier molecular flexibility index (Phi) is 9.94. The average Bonchev–Trinajstić information content (AvgIpc) is 3.75. The molecule has 62 heavy (non-hydrogen) atoms. The largest absolute Gasteiger partial charge is 0.489 e. The van der Waals surface area contributed by atoms with E-state index in [1.54, 1.807) is 17.9 Å². The number of aliphatic hydroxyl groups excluding tert-OH is 1. The lowest BCUT2D eigenvalue weighted by atomic mass is 9.87. The van der Waals surface area contributed by atoms with Gasteiger partial charge in [-0.25, -0.2) is 17.6 Å². The number of anilines is 2. The number of fused-ring (bicyclic) bond motifs is 7. The molecule has 1 aromatic heterocycles. The molecule has 0 spiro atoms. The first-order chi connectivity index (χ1) is 29.7. The normalized spacial score (nSPS) is 24.3. The van der Waals surface area contributed by atoms with Gasteiger partial charge in [0.15, 0.2) is 0 Å². The number of hydrogen-bond acceptors (Lipinski definition) is 10. The number of ether oxygens (including phenoxy) is 1. The van der Waals surface area contributed by atoms with Crippen molar-refractivity contribution in [2.24, 2.45) is 0 Å². The van der Waals surface area contributed by atoms with E-state index >= 15 is 8.78 Å². The van der Waals surface area contributed by atoms with Gasteiger partial charge in [-0.3, -0.25) is 34.3 Å². The predicted molar refractivity (Wildman–Crippen MR) is 218 cm³/mol. The number of rotatable bonds is 9. The topological polar surface area (TPSA) is 154 Å². The van der Waals surface area contributed by atoms with Crippen molar-refractivity contribution < 1.29 is 46.6 Å². The van der Waals surface area contributed by atoms with Gasteiger partial charge in [0.25, 0.3) is 11.8 Å². The van der Waals surface area contributed by atoms with Crippen LogP contribution in [0.3, 0.4) is 0 Å². The van der Waals surface area contributed by atoms with Gasteiger partial charge in [0.2, 0.25) is 17.7 Å². The van der Waals surface area contributed by atoms with Crippen molar-refractivity contribution >= 4 is 45.9 Å². The van der Waals surface area contributed by atoms with Gasteiger partial charge >= 0.3 is 0 Å². The van der Waals surface area contributed by atoms with Crippen LogP contribution < -0.4 is 20.3 Å². The number of alkyl halides is 2. The molecule has 0 radical (unpaired) electrons. The van der Waals surface area contributed by atoms with E-state index in [0.29, 0.717) is 62.8 Å². The molecular weight excluding hydrogens is 813 g/mol. The highest BCUT2D eigenvalue weighted by molar-refractivity contribution is 6.06. The Morgan fingerprint density at radius 1 is 1.02 bits per heavy atom. The minimum atomic E-state index is -3.50. The summed E-state index contributed by atoms with van der Waals surface area (Å²) in [7, 11) is 0. The highest BCUT2D eigenvalue weighted by atomic mass is 19.3. The number of amides is 4. The molecule has 1 unspecified atom stereocenters. The van der Waals surface area contributed by atoms with Crippen molar-refractivity contribution in [1.82, 2.24) is 29.9 Å². The second kappa shape index (κ2) is 15.3. The first-order valence-electron chi connectivity index (χ1n) is 21.1. The number of likely N-dealkylation sites (tertiary alicyclic amines) is 1. The maximum atomic E-state index is 16.2. The van der Waals surface area contributed by atoms with Crippen LogP contribution in [0.2, 0.25) is 0 Å². The fourth-order valence-corrected chi connectivity index (χ4v) is 10.2. The van der Waals surface area contributed by atoms with Crippen molar-refractivity contribution in [3.63, 3.8) is 0 Å². The Hall–Kier alpha value is -5.72. The maximum absolute atomic E-state index is 16.2. The second-order valence-electron chi connectivity index (χ2n) is 17.5. The van der Waals surface area contributed by atoms with E-state index in [1.807, 2.05) is 30.3 Å². The molecule has 10 rings (SSSR count). The van der Waals surface area contributed by atoms with Crippen LogP contribution in [0, 0.1) is 11.6 Å². The molecule has 6 aliphatic heterocycles. The van der Waals surface area contributed by atoms with Crippen LogP contribution in [0.4, 0.5) is 28.9 Å². The monoisotopic (exact) mass is 858 g/mol. The van der Waals surface area contributed by atoms with Gasteiger partial charge in [0, 0.05) is 85.1 Å². The molecule has 6 aliphatic rings. The molecule has 3 aromatic carbocycles. The molecule has 18 heteroatoms. The summed E-state index contributed by atoms with van der Waals surface area (Å²) in [5, 5.41) is 15.7. The molecule has 0 bridgehead atoms. The van der Waals surface area contributed by atoms with E-state index in [2.05, 4.69) is 25.4 Å². The molecule has 4 N–H and O–H groups in total. The summed E-state index contributed by atoms with van der Waals surface area (Å²) in [6, 6.07) is 10.7. The molecule has 3 saturated heterocycles. The molecule has 14 nitrogen and oxygen atoms in total. The third-order valence-corrected chi connectivity index (χ3v) is 13.4. The molecule has 7 heterocycles. The van der Waals surface area contributed by atoms with Gasteiger partial charge in [-0.15, -0.1) is 0 Å². The number of nitrogens with one attached hydrogen (secondary N) is 3. The van der Waals surface area contributed by atoms with Crippen molar-refractivity contribution in [1.29, 1.82) is 0 Å². The van der Waals surface area contributed by atoms with Crippen LogP contribution in [-0.2, 0) is 27.3 Å². The number of piperidine rings is 1. The number of piperazine rings is 1. The molecule has 0 saturated carbocycles. The number of H-pyrrole nitrogens is 1. The molecule has 4 aromatic rings. The van der Waals surface area contributed by atoms with E-state index in [1.165, 1.54) is 9.80 Å². The van der Waals surface area contributed by atoms with Crippen molar-refractivity contribution in [3.05, 3.63) is 88.1 Å². The lowest BCUT2D eigenvalue weighted by molar-refractivity contribution is -0.137. The van der Waals surface area contributed by atoms with Crippen molar-refractivity contribution in [2.75, 3.05) is 69.2 Å². The Bertz CT molecular complexity index is 2490. The van der Waals surface area contributed by atoms with Gasteiger partial charge < -0.3 is 34.8 Å². The molecule has 4 atom stereocenters. The lowest BCUT2D eigenvalue weighted by Crippen LogP contribution is -2.62. The first-order valence-corrected chi connectivity index (χ1v) is 21.1. The van der Waals surface area contributed by atoms with Gasteiger partial charge in [0.1, 0.15) is 36.6 Å². The SMILES string of the molecule is C[C@@H]1Cc2c([nH]c3ccccc23)[C@@H](c2c(F)cc(NC3CN(C(=O)CN4CCN5c6cc7c(cc6OC[C@@H]5C4)C(=O)N(C4CCC(=O)NC4=O)C7)C3)cc2F)N1CC(F)(F)CO. The second-order valence-corrected chi connectivity index (χ2v) is 17.5. The van der Waals surface area contributed by atoms with Crippen molar-refractivity contribution in [2.45, 2.75) is 68.9 Å². The molecule has 3 fully saturated rings. The summed E-state index contributed by atoms with van der Waals surface area (Å²) >= 11 is 0. The fraction of sp³-hybridized carbons (Fsp3) is 0.455. The minimum absolute atomic E-state index is 0.0401. The number of benzene rings is 3. The van der Waals surface area contributed by atoms with Crippen LogP contribution in [0.1, 0.15) is 58.5 Å². The van der Waals surface area contributed by atoms with Crippen LogP contribution >= 0.6 is 0 Å². The molecule has 0 aliphatic carbocycles. The number of hydrogen-bond donors (Lipinski definition) is 4. The molecule has 4 amide bonds. The van der Waals surface area contributed by atoms with Crippen LogP contribution in [-0.4, -0.2) is 142 Å². The number of carbonyl (C=O) groups excluding carboxylic acids is 4. The van der Waals surface area contributed by atoms with Crippen LogP contribution in [0.5, 0.6) is 5.75 Å². The standard InChI is InChI=1S/C44H46F4N8O6/c1-23-10-30-28-4-2-3-5-33(28)50-40(30)41(56(23)21-44(47,48)22-57)39-31(45)12-25(13-32(39)46)49-26-16-53(17-26)38(59)19-52-8-9-54-27(18-52)20-62-36-14-29-24(11-35(36)54)15-55(43(29)61)34-6-7-37(58)51-42(34)60/h2-5,11-14,23,26-27,34,41,49-50,57H,6-10,15-22H2,1H3,(H,51,58,60)/t23-,27+,34?,41-/m1/s1. The number of para-hydroxylation sites is 1. The van der Waals surface area contributed by atoms with E-state index in [-0.39, 0.29) is 67.0 Å². The number of aliphatic hydroxyl groups is 1. The summed E-state index contributed by atoms with van der Waals surface area (Å²) in [5.74, 6) is -5.86. The van der Waals surface area contributed by atoms with E-state index in [0.717, 1.165) is 39.8 Å². The Morgan fingerprint density at radius 3 is 2.55 bits per heavy atom. The number of nitrogens with zero attached hydrogens (tertiary/aromatic N) is 5. The third kappa shape index (κ3) is 7.01. The highest BCUT2D eigenvalue weighted by Crippen LogP contribution is 2.45. The molecule has 326 valence electrons. The third-order valence-electron chi connectivity index (χ3n) is 13.4. The smallest absolute Gasteiger partial charge is 0.283 e. The summed E-state index contributed by atoms with van der Waals surface area (Å²) in [5.41, 5.74) is 3.92. The number of halogens is 4. The zero-order chi connectivity index (χ0) is 43.2. The van der Waals surface area contributed by atoms with Gasteiger partial charge in [0.05, 0.1) is 36.9 Å². The zero-order valence-corrected chi connectivity index (χ0v) is 33.9. The van der Waals surface area contributed by atoms with Gasteiger partial charge in [-0.2, -0.15) is 0 Å². The van der Waals surface area contributed by atoms with Crippen LogP contribution in [0.15, 0.2) is 48.5 Å². The zero-order valence-electron chi connectivity index (χ0n) is 33.9. The Morgan fingerprint density at radius 2 is 1.79 bits per heavy atom. The van der Waals surface area contributed by atoms with E-state index in [9.17, 15) is 33.1 Å². The molecular formula is C44H46F4N8O6. The number of aromatic amines is 1. The quantitative estimate of drug-likeness (QED) is 0.146. The summed E-state index contributed by atoms with van der Waals surface area (Å²) in [6.45, 7) is 2.69. The number of carbonyl (C=O) groups is 4. The average molecular weight is 859 g/mol. The number of aromatic nitrogens is 1. The van der Waals surface area contributed by atoms with Gasteiger partial charge in [-0.05, 0) is 61.2 Å². The highest BCUT2D eigenvalue weighted by Gasteiger charge is 2.45. The first kappa shape index (κ1) is 40.4. The lowest BCUT2D eigenvalue weighted by Gasteiger charge is -2.46. The minimum Gasteiger partial charge on any atom is -0.489 e. The van der Waals surface area contributed by atoms with Gasteiger partial charge in [-0.1, -0.05) is 18.2 Å². The summed E-state index contributed by atoms with van der Waals surface area (Å²) in [6.07, 6.45) is 0.828. The fourth-order valence-electron chi connectivity index (χ4n) is 10.2. The van der Waals surface area contributed by atoms with E-state index in [4.69, 9.17) is 4.74 Å². The van der Waals surface area contributed by atoms with Crippen molar-refractivity contribution in [3.8, 4) is 5.75 Å². The summed E-state index contributed by atoms with van der Waals surface area (Å²) in [4.78, 5) is 63.1. The van der Waals surface area contributed by atoms with Crippen LogP contribution in [0.25, 0.3) is 10.9 Å². The number of imide groups is 1. The maximum Gasteiger partial charge on any atom is 0.283 e. The summed E-state index contributed by atoms with van der Waals surface area (Å²) < 4.78 is 68.0. The Labute approximate surface area is 353 Å². The van der Waals surface area contributed by atoms with E-state index < -0.39 is 54.7 Å². The predicted octanol–water partition coefficient (Wildman–Crippen LogP) is 3.38.